The van der Waals surface area contributed by atoms with Gasteiger partial charge in [-0.25, -0.2) is 12.7 Å². The van der Waals surface area contributed by atoms with Gasteiger partial charge in [0.1, 0.15) is 0 Å². The van der Waals surface area contributed by atoms with Crippen LogP contribution in [0, 0.1) is 0 Å². The second-order valence-corrected chi connectivity index (χ2v) is 5.95. The Bertz CT molecular complexity index is 536. The third kappa shape index (κ3) is 2.65. The summed E-state index contributed by atoms with van der Waals surface area (Å²) >= 11 is 0. The van der Waals surface area contributed by atoms with Gasteiger partial charge in [0.25, 0.3) is 0 Å². The van der Waals surface area contributed by atoms with Crippen LogP contribution in [0.5, 0.6) is 0 Å². The maximum Gasteiger partial charge on any atom is 0.248 e. The van der Waals surface area contributed by atoms with E-state index >= 15 is 0 Å². The molecular formula is C11H16N2O3S. The fourth-order valence-electron chi connectivity index (χ4n) is 1.46. The molecule has 1 aromatic rings. The Morgan fingerprint density at radius 2 is 1.94 bits per heavy atom. The first kappa shape index (κ1) is 13.7. The summed E-state index contributed by atoms with van der Waals surface area (Å²) in [6, 6.07) is 4.38. The van der Waals surface area contributed by atoms with Crippen molar-refractivity contribution >= 4 is 15.9 Å². The van der Waals surface area contributed by atoms with Crippen molar-refractivity contribution in [3.8, 4) is 0 Å². The molecule has 0 aliphatic carbocycles. The number of carbonyl (C=O) groups is 1. The summed E-state index contributed by atoms with van der Waals surface area (Å²) < 4.78 is 25.1. The normalized spacial score (nSPS) is 11.8. The Labute approximate surface area is 101 Å². The van der Waals surface area contributed by atoms with Crippen LogP contribution in [-0.2, 0) is 16.4 Å². The highest BCUT2D eigenvalue weighted by Crippen LogP contribution is 2.20. The van der Waals surface area contributed by atoms with E-state index in [0.29, 0.717) is 17.5 Å². The molecule has 94 valence electrons. The van der Waals surface area contributed by atoms with Crippen molar-refractivity contribution in [1.82, 2.24) is 4.31 Å². The first-order chi connectivity index (χ1) is 7.80. The van der Waals surface area contributed by atoms with Gasteiger partial charge in [0.15, 0.2) is 0 Å². The van der Waals surface area contributed by atoms with E-state index in [0.717, 1.165) is 4.31 Å². The van der Waals surface area contributed by atoms with Gasteiger partial charge in [-0.15, -0.1) is 0 Å². The van der Waals surface area contributed by atoms with Gasteiger partial charge in [-0.05, 0) is 30.2 Å². The molecule has 0 aliphatic rings. The van der Waals surface area contributed by atoms with Crippen LogP contribution >= 0.6 is 0 Å². The van der Waals surface area contributed by atoms with Gasteiger partial charge in [-0.2, -0.15) is 0 Å². The van der Waals surface area contributed by atoms with Gasteiger partial charge < -0.3 is 5.73 Å². The summed E-state index contributed by atoms with van der Waals surface area (Å²) in [6.07, 6.45) is 0.517. The Morgan fingerprint density at radius 1 is 1.35 bits per heavy atom. The van der Waals surface area contributed by atoms with Crippen molar-refractivity contribution in [3.05, 3.63) is 29.3 Å². The second-order valence-electron chi connectivity index (χ2n) is 3.83. The number of amides is 1. The lowest BCUT2D eigenvalue weighted by molar-refractivity contribution is 0.1000. The minimum absolute atomic E-state index is 0.218. The molecule has 5 nitrogen and oxygen atoms in total. The van der Waals surface area contributed by atoms with E-state index in [-0.39, 0.29) is 4.90 Å². The number of nitrogens with two attached hydrogens (primary N) is 1. The second kappa shape index (κ2) is 4.85. The van der Waals surface area contributed by atoms with E-state index in [1.807, 2.05) is 6.92 Å². The lowest BCUT2D eigenvalue weighted by atomic mass is 10.1. The van der Waals surface area contributed by atoms with Crippen molar-refractivity contribution < 1.29 is 13.2 Å². The van der Waals surface area contributed by atoms with Crippen LogP contribution in [0.4, 0.5) is 0 Å². The highest BCUT2D eigenvalue weighted by Gasteiger charge is 2.21. The standard InChI is InChI=1S/C11H16N2O3S/c1-4-8-7-9(11(12)14)5-6-10(8)17(15,16)13(2)3/h5-7H,4H2,1-3H3,(H2,12,14). The SMILES string of the molecule is CCc1cc(C(N)=O)ccc1S(=O)(=O)N(C)C. The van der Waals surface area contributed by atoms with Gasteiger partial charge in [-0.3, -0.25) is 4.79 Å². The number of aryl methyl sites for hydroxylation is 1. The fourth-order valence-corrected chi connectivity index (χ4v) is 2.63. The summed E-state index contributed by atoms with van der Waals surface area (Å²) in [5.74, 6) is -0.562. The quantitative estimate of drug-likeness (QED) is 0.856. The molecule has 17 heavy (non-hydrogen) atoms. The van der Waals surface area contributed by atoms with E-state index < -0.39 is 15.9 Å². The number of primary amides is 1. The maximum atomic E-state index is 12.0. The first-order valence-electron chi connectivity index (χ1n) is 5.16. The zero-order chi connectivity index (χ0) is 13.2. The molecule has 0 saturated carbocycles. The number of sulfonamides is 1. The fraction of sp³-hybridized carbons (Fsp3) is 0.364. The molecule has 0 aliphatic heterocycles. The summed E-state index contributed by atoms with van der Waals surface area (Å²) in [7, 11) is -0.543. The van der Waals surface area contributed by atoms with Crippen molar-refractivity contribution in [1.29, 1.82) is 0 Å². The molecule has 1 amide bonds. The Morgan fingerprint density at radius 3 is 2.35 bits per heavy atom. The minimum Gasteiger partial charge on any atom is -0.366 e. The van der Waals surface area contributed by atoms with E-state index in [1.54, 1.807) is 0 Å². The Hall–Kier alpha value is -1.40. The van der Waals surface area contributed by atoms with Crippen LogP contribution in [0.25, 0.3) is 0 Å². The zero-order valence-corrected chi connectivity index (χ0v) is 10.9. The van der Waals surface area contributed by atoms with E-state index in [2.05, 4.69) is 0 Å². The maximum absolute atomic E-state index is 12.0. The number of hydrogen-bond donors (Lipinski definition) is 1. The highest BCUT2D eigenvalue weighted by molar-refractivity contribution is 7.89. The minimum atomic E-state index is -3.48. The molecule has 6 heteroatoms. The van der Waals surface area contributed by atoms with Gasteiger partial charge in [-0.1, -0.05) is 6.92 Å². The van der Waals surface area contributed by atoms with Gasteiger partial charge >= 0.3 is 0 Å². The average molecular weight is 256 g/mol. The van der Waals surface area contributed by atoms with Crippen LogP contribution in [-0.4, -0.2) is 32.7 Å². The predicted octanol–water partition coefficient (Wildman–Crippen LogP) is 0.598. The molecule has 0 spiro atoms. The van der Waals surface area contributed by atoms with E-state index in [4.69, 9.17) is 5.73 Å². The molecule has 0 aromatic heterocycles. The average Bonchev–Trinajstić information content (AvgIpc) is 2.27. The van der Waals surface area contributed by atoms with E-state index in [1.165, 1.54) is 32.3 Å². The van der Waals surface area contributed by atoms with Crippen LogP contribution in [0.2, 0.25) is 0 Å². The van der Waals surface area contributed by atoms with Crippen LogP contribution in [0.15, 0.2) is 23.1 Å². The molecule has 0 atom stereocenters. The lowest BCUT2D eigenvalue weighted by Gasteiger charge is -2.15. The topological polar surface area (TPSA) is 80.5 Å². The van der Waals surface area contributed by atoms with Gasteiger partial charge in [0.2, 0.25) is 15.9 Å². The summed E-state index contributed by atoms with van der Waals surface area (Å²) in [4.78, 5) is 11.2. The summed E-state index contributed by atoms with van der Waals surface area (Å²) in [5.41, 5.74) is 6.07. The molecule has 1 rings (SSSR count). The number of benzene rings is 1. The summed E-state index contributed by atoms with van der Waals surface area (Å²) in [5, 5.41) is 0. The Balaban J connectivity index is 3.42. The molecule has 0 bridgehead atoms. The smallest absolute Gasteiger partial charge is 0.248 e. The largest absolute Gasteiger partial charge is 0.366 e. The third-order valence-electron chi connectivity index (χ3n) is 2.48. The van der Waals surface area contributed by atoms with Crippen molar-refractivity contribution in [3.63, 3.8) is 0 Å². The number of rotatable bonds is 4. The van der Waals surface area contributed by atoms with Crippen molar-refractivity contribution in [2.75, 3.05) is 14.1 Å². The van der Waals surface area contributed by atoms with Crippen LogP contribution in [0.1, 0.15) is 22.8 Å². The highest BCUT2D eigenvalue weighted by atomic mass is 32.2. The predicted molar refractivity (Wildman–Crippen MR) is 65.2 cm³/mol. The Kier molecular flexibility index (Phi) is 3.90. The zero-order valence-electron chi connectivity index (χ0n) is 10.1. The van der Waals surface area contributed by atoms with Crippen molar-refractivity contribution in [2.45, 2.75) is 18.2 Å². The molecule has 1 aromatic carbocycles. The molecular weight excluding hydrogens is 240 g/mol. The number of nitrogens with zero attached hydrogens (tertiary/aromatic N) is 1. The summed E-state index contributed by atoms with van der Waals surface area (Å²) in [6.45, 7) is 1.83. The van der Waals surface area contributed by atoms with Crippen LogP contribution in [0.3, 0.4) is 0 Å². The van der Waals surface area contributed by atoms with Crippen molar-refractivity contribution in [2.24, 2.45) is 5.73 Å². The molecule has 2 N–H and O–H groups in total. The lowest BCUT2D eigenvalue weighted by Crippen LogP contribution is -2.23. The molecule has 0 saturated heterocycles. The number of hydrogen-bond acceptors (Lipinski definition) is 3. The molecule has 0 radical (unpaired) electrons. The molecule has 0 heterocycles. The van der Waals surface area contributed by atoms with Gasteiger partial charge in [0, 0.05) is 19.7 Å². The third-order valence-corrected chi connectivity index (χ3v) is 4.40. The first-order valence-corrected chi connectivity index (χ1v) is 6.60. The van der Waals surface area contributed by atoms with Gasteiger partial charge in [0.05, 0.1) is 4.90 Å². The van der Waals surface area contributed by atoms with E-state index in [9.17, 15) is 13.2 Å². The number of carbonyl (C=O) groups excluding carboxylic acids is 1. The molecule has 0 unspecified atom stereocenters. The monoisotopic (exact) mass is 256 g/mol. The molecule has 0 fully saturated rings. The van der Waals surface area contributed by atoms with Crippen LogP contribution < -0.4 is 5.73 Å².